The van der Waals surface area contributed by atoms with Crippen LogP contribution in [0.4, 0.5) is 0 Å². The molecule has 3 rings (SSSR count). The zero-order valence-electron chi connectivity index (χ0n) is 16.5. The quantitative estimate of drug-likeness (QED) is 0.436. The van der Waals surface area contributed by atoms with Gasteiger partial charge in [-0.3, -0.25) is 15.0 Å². The summed E-state index contributed by atoms with van der Waals surface area (Å²) in [6.07, 6.45) is 1.35. The van der Waals surface area contributed by atoms with Crippen molar-refractivity contribution in [2.45, 2.75) is 0 Å². The molecule has 12 heteroatoms. The number of carbonyl (C=O) groups excluding carboxylic acids is 2. The van der Waals surface area contributed by atoms with Crippen LogP contribution in [0.3, 0.4) is 0 Å². The first-order valence-corrected chi connectivity index (χ1v) is 10.7. The summed E-state index contributed by atoms with van der Waals surface area (Å²) in [6.45, 7) is 0. The maximum atomic E-state index is 12.9. The zero-order chi connectivity index (χ0) is 23.6. The summed E-state index contributed by atoms with van der Waals surface area (Å²) in [7, 11) is 2.69. The lowest BCUT2D eigenvalue weighted by atomic mass is 10.0. The van der Waals surface area contributed by atoms with Gasteiger partial charge in [-0.05, 0) is 48.1 Å². The van der Waals surface area contributed by atoms with E-state index < -0.39 is 17.8 Å². The molecule has 0 unspecified atom stereocenters. The van der Waals surface area contributed by atoms with E-state index in [2.05, 4.69) is 5.43 Å². The molecule has 0 aliphatic carbocycles. The van der Waals surface area contributed by atoms with Crippen molar-refractivity contribution in [3.05, 3.63) is 62.0 Å². The monoisotopic (exact) mass is 512 g/mol. The summed E-state index contributed by atoms with van der Waals surface area (Å²) in [5, 5.41) is 11.0. The Kier molecular flexibility index (Phi) is 7.29. The maximum Gasteiger partial charge on any atom is 0.340 e. The predicted octanol–water partition coefficient (Wildman–Crippen LogP) is 4.26. The zero-order valence-corrected chi connectivity index (χ0v) is 19.6. The van der Waals surface area contributed by atoms with E-state index in [1.165, 1.54) is 50.6 Å². The van der Waals surface area contributed by atoms with Gasteiger partial charge >= 0.3 is 5.97 Å². The fraction of sp³-hybridized carbons (Fsp3) is 0.100. The molecule has 2 N–H and O–H groups in total. The number of benzene rings is 2. The molecule has 2 aromatic carbocycles. The Morgan fingerprint density at radius 2 is 1.91 bits per heavy atom. The summed E-state index contributed by atoms with van der Waals surface area (Å²) in [5.41, 5.74) is 2.51. The molecule has 1 aliphatic heterocycles. The minimum absolute atomic E-state index is 0.00918. The van der Waals surface area contributed by atoms with Gasteiger partial charge in [-0.25, -0.2) is 4.79 Å². The molecule has 0 atom stereocenters. The van der Waals surface area contributed by atoms with Crippen LogP contribution >= 0.6 is 47.2 Å². The first-order chi connectivity index (χ1) is 15.2. The summed E-state index contributed by atoms with van der Waals surface area (Å²) in [5.74, 6) is -2.34. The SMILES string of the molecule is COc1ccc(/C=C2/SC(=S)N(NC(=O)c3ccc(Cl)cc3Cl)C2=O)c(C(=O)O)c1OC. The van der Waals surface area contributed by atoms with E-state index >= 15 is 0 Å². The number of carboxylic acids is 1. The van der Waals surface area contributed by atoms with Gasteiger partial charge in [0, 0.05) is 5.02 Å². The number of hydrogen-bond donors (Lipinski definition) is 2. The first kappa shape index (κ1) is 23.9. The van der Waals surface area contributed by atoms with Crippen LogP contribution in [0.5, 0.6) is 11.5 Å². The standard InChI is InChI=1S/C20H14Cl2N2O6S2/c1-29-13-6-3-9(15(19(27)28)16(13)30-2)7-14-18(26)24(20(31)32-14)23-17(25)11-5-4-10(21)8-12(11)22/h3-8H,1-2H3,(H,23,25)(H,27,28)/b14-7+. The molecule has 166 valence electrons. The number of methoxy groups -OCH3 is 2. The number of thiocarbonyl (C=S) groups is 1. The van der Waals surface area contributed by atoms with Gasteiger partial charge in [-0.15, -0.1) is 0 Å². The minimum atomic E-state index is -1.27. The normalized spacial score (nSPS) is 14.6. The summed E-state index contributed by atoms with van der Waals surface area (Å²) < 4.78 is 10.4. The van der Waals surface area contributed by atoms with Crippen molar-refractivity contribution < 1.29 is 29.0 Å². The van der Waals surface area contributed by atoms with Crippen LogP contribution in [0, 0.1) is 0 Å². The number of ether oxygens (including phenoxy) is 2. The molecule has 0 bridgehead atoms. The first-order valence-electron chi connectivity index (χ1n) is 8.70. The molecule has 2 amide bonds. The van der Waals surface area contributed by atoms with E-state index in [4.69, 9.17) is 44.9 Å². The molecule has 0 saturated carbocycles. The molecular weight excluding hydrogens is 499 g/mol. The second-order valence-corrected chi connectivity index (χ2v) is 8.67. The Labute approximate surface area is 202 Å². The van der Waals surface area contributed by atoms with Gasteiger partial charge < -0.3 is 14.6 Å². The smallest absolute Gasteiger partial charge is 0.340 e. The highest BCUT2D eigenvalue weighted by atomic mass is 35.5. The number of nitrogens with zero attached hydrogens (tertiary/aromatic N) is 1. The highest BCUT2D eigenvalue weighted by molar-refractivity contribution is 8.26. The molecule has 8 nitrogen and oxygen atoms in total. The molecule has 1 aliphatic rings. The van der Waals surface area contributed by atoms with Crippen LogP contribution in [-0.4, -0.2) is 46.4 Å². The number of rotatable bonds is 6. The van der Waals surface area contributed by atoms with Gasteiger partial charge in [0.1, 0.15) is 5.56 Å². The Hall–Kier alpha value is -2.79. The highest BCUT2D eigenvalue weighted by Crippen LogP contribution is 2.37. The lowest BCUT2D eigenvalue weighted by molar-refractivity contribution is -0.123. The molecular formula is C20H14Cl2N2O6S2. The lowest BCUT2D eigenvalue weighted by Gasteiger charge is -2.16. The number of aromatic carboxylic acids is 1. The number of carbonyl (C=O) groups is 3. The molecule has 1 heterocycles. The Morgan fingerprint density at radius 1 is 1.19 bits per heavy atom. The van der Waals surface area contributed by atoms with E-state index in [-0.39, 0.29) is 42.4 Å². The van der Waals surface area contributed by atoms with E-state index in [0.717, 1.165) is 16.8 Å². The number of hydrogen-bond acceptors (Lipinski definition) is 7. The van der Waals surface area contributed by atoms with Crippen LogP contribution in [0.15, 0.2) is 35.2 Å². The summed E-state index contributed by atoms with van der Waals surface area (Å²) in [6, 6.07) is 7.28. The van der Waals surface area contributed by atoms with Crippen molar-refractivity contribution in [1.29, 1.82) is 0 Å². The number of halogens is 2. The third-order valence-corrected chi connectivity index (χ3v) is 6.11. The van der Waals surface area contributed by atoms with Gasteiger partial charge in [-0.2, -0.15) is 5.01 Å². The van der Waals surface area contributed by atoms with Crippen LogP contribution in [0.1, 0.15) is 26.3 Å². The Balaban J connectivity index is 1.92. The van der Waals surface area contributed by atoms with E-state index in [0.29, 0.717) is 5.02 Å². The second kappa shape index (κ2) is 9.78. The van der Waals surface area contributed by atoms with Crippen molar-refractivity contribution in [3.63, 3.8) is 0 Å². The topological polar surface area (TPSA) is 105 Å². The maximum absolute atomic E-state index is 12.9. The fourth-order valence-electron chi connectivity index (χ4n) is 2.82. The molecule has 0 aromatic heterocycles. The van der Waals surface area contributed by atoms with Gasteiger partial charge in [0.25, 0.3) is 11.8 Å². The molecule has 32 heavy (non-hydrogen) atoms. The van der Waals surface area contributed by atoms with E-state index in [9.17, 15) is 19.5 Å². The molecule has 2 aromatic rings. The summed E-state index contributed by atoms with van der Waals surface area (Å²) in [4.78, 5) is 37.4. The third-order valence-electron chi connectivity index (χ3n) is 4.26. The lowest BCUT2D eigenvalue weighted by Crippen LogP contribution is -2.44. The molecule has 1 fully saturated rings. The average Bonchev–Trinajstić information content (AvgIpc) is 3.00. The number of carboxylic acid groups (broad SMARTS) is 1. The minimum Gasteiger partial charge on any atom is -0.493 e. The van der Waals surface area contributed by atoms with Crippen molar-refractivity contribution >= 4 is 75.4 Å². The van der Waals surface area contributed by atoms with Gasteiger partial charge in [-0.1, -0.05) is 41.0 Å². The van der Waals surface area contributed by atoms with Gasteiger partial charge in [0.15, 0.2) is 15.8 Å². The van der Waals surface area contributed by atoms with Gasteiger partial charge in [0.2, 0.25) is 0 Å². The van der Waals surface area contributed by atoms with Crippen molar-refractivity contribution in [2.75, 3.05) is 14.2 Å². The predicted molar refractivity (Wildman–Crippen MR) is 125 cm³/mol. The fourth-order valence-corrected chi connectivity index (χ4v) is 4.49. The highest BCUT2D eigenvalue weighted by Gasteiger charge is 2.34. The van der Waals surface area contributed by atoms with Crippen molar-refractivity contribution in [3.8, 4) is 11.5 Å². The average molecular weight is 513 g/mol. The summed E-state index contributed by atoms with van der Waals surface area (Å²) >= 11 is 18.0. The van der Waals surface area contributed by atoms with E-state index in [1.54, 1.807) is 0 Å². The largest absolute Gasteiger partial charge is 0.493 e. The Morgan fingerprint density at radius 3 is 2.50 bits per heavy atom. The second-order valence-electron chi connectivity index (χ2n) is 6.15. The Bertz CT molecular complexity index is 1180. The van der Waals surface area contributed by atoms with Crippen molar-refractivity contribution in [2.24, 2.45) is 0 Å². The molecule has 1 saturated heterocycles. The van der Waals surface area contributed by atoms with Gasteiger partial charge in [0.05, 0.1) is 29.7 Å². The number of hydrazine groups is 1. The van der Waals surface area contributed by atoms with Crippen molar-refractivity contribution in [1.82, 2.24) is 10.4 Å². The van der Waals surface area contributed by atoms with Crippen LogP contribution in [-0.2, 0) is 4.79 Å². The molecule has 0 spiro atoms. The van der Waals surface area contributed by atoms with Crippen LogP contribution < -0.4 is 14.9 Å². The third kappa shape index (κ3) is 4.68. The number of thioether (sulfide) groups is 1. The van der Waals surface area contributed by atoms with Crippen LogP contribution in [0.2, 0.25) is 10.0 Å². The van der Waals surface area contributed by atoms with E-state index in [1.807, 2.05) is 0 Å². The molecule has 0 radical (unpaired) electrons. The van der Waals surface area contributed by atoms with Crippen LogP contribution in [0.25, 0.3) is 6.08 Å². The number of amides is 2. The number of nitrogens with one attached hydrogen (secondary N) is 1.